The molecule has 0 radical (unpaired) electrons. The Balaban J connectivity index is 1.63. The van der Waals surface area contributed by atoms with Gasteiger partial charge in [0.1, 0.15) is 5.01 Å². The van der Waals surface area contributed by atoms with Crippen molar-refractivity contribution in [1.29, 1.82) is 0 Å². The molecule has 1 aliphatic heterocycles. The molecule has 23 heavy (non-hydrogen) atoms. The molecule has 0 saturated carbocycles. The molecule has 0 aliphatic carbocycles. The van der Waals surface area contributed by atoms with Crippen LogP contribution in [0.5, 0.6) is 0 Å². The van der Waals surface area contributed by atoms with Crippen LogP contribution in [0, 0.1) is 5.92 Å². The van der Waals surface area contributed by atoms with E-state index in [0.717, 1.165) is 23.5 Å². The predicted molar refractivity (Wildman–Crippen MR) is 89.4 cm³/mol. The monoisotopic (exact) mass is 330 g/mol. The lowest BCUT2D eigenvalue weighted by Gasteiger charge is -2.16. The van der Waals surface area contributed by atoms with Crippen LogP contribution in [0.25, 0.3) is 0 Å². The summed E-state index contributed by atoms with van der Waals surface area (Å²) >= 11 is 1.39. The van der Waals surface area contributed by atoms with Gasteiger partial charge in [-0.3, -0.25) is 9.59 Å². The minimum absolute atomic E-state index is 0.0275. The fraction of sp³-hybridized carbons (Fsp3) is 0.375. The van der Waals surface area contributed by atoms with E-state index in [2.05, 4.69) is 22.4 Å². The molecule has 7 heteroatoms. The topological polar surface area (TPSA) is 75.2 Å². The van der Waals surface area contributed by atoms with Gasteiger partial charge < -0.3 is 10.2 Å². The molecule has 1 aliphatic rings. The van der Waals surface area contributed by atoms with Crippen LogP contribution in [0.3, 0.4) is 0 Å². The molecule has 2 heterocycles. The Hall–Kier alpha value is -2.28. The maximum Gasteiger partial charge on any atom is 0.231 e. The number of nitrogens with one attached hydrogen (secondary N) is 1. The summed E-state index contributed by atoms with van der Waals surface area (Å²) in [7, 11) is 0. The lowest BCUT2D eigenvalue weighted by Crippen LogP contribution is -2.28. The zero-order valence-electron chi connectivity index (χ0n) is 12.9. The van der Waals surface area contributed by atoms with Crippen molar-refractivity contribution < 1.29 is 9.59 Å². The highest BCUT2D eigenvalue weighted by Gasteiger charge is 2.35. The van der Waals surface area contributed by atoms with Gasteiger partial charge in [-0.15, -0.1) is 10.2 Å². The molecular formula is C16H18N4O2S. The van der Waals surface area contributed by atoms with E-state index >= 15 is 0 Å². The number of rotatable bonds is 5. The number of carbonyl (C=O) groups excluding carboxylic acids is 2. The predicted octanol–water partition coefficient (Wildman–Crippen LogP) is 2.48. The molecule has 2 aromatic rings. The quantitative estimate of drug-likeness (QED) is 0.914. The molecule has 2 amide bonds. The maximum atomic E-state index is 12.4. The standard InChI is InChI=1S/C16H18N4O2S/c1-2-6-13-18-19-16(23-13)17-15(22)11-9-14(21)20(10-11)12-7-4-3-5-8-12/h3-5,7-8,11H,2,6,9-10H2,1H3,(H,17,19,22). The van der Waals surface area contributed by atoms with Gasteiger partial charge in [-0.2, -0.15) is 0 Å². The van der Waals surface area contributed by atoms with Gasteiger partial charge in [0.2, 0.25) is 16.9 Å². The average molecular weight is 330 g/mol. The average Bonchev–Trinajstić information content (AvgIpc) is 3.15. The van der Waals surface area contributed by atoms with Crippen molar-refractivity contribution in [3.63, 3.8) is 0 Å². The SMILES string of the molecule is CCCc1nnc(NC(=O)C2CC(=O)N(c3ccccc3)C2)s1. The van der Waals surface area contributed by atoms with Crippen LogP contribution in [0.4, 0.5) is 10.8 Å². The molecule has 0 spiro atoms. The van der Waals surface area contributed by atoms with Gasteiger partial charge >= 0.3 is 0 Å². The molecule has 1 unspecified atom stereocenters. The summed E-state index contributed by atoms with van der Waals surface area (Å²) < 4.78 is 0. The van der Waals surface area contributed by atoms with Crippen molar-refractivity contribution in [1.82, 2.24) is 10.2 Å². The highest BCUT2D eigenvalue weighted by molar-refractivity contribution is 7.15. The molecule has 1 saturated heterocycles. The van der Waals surface area contributed by atoms with Crippen molar-refractivity contribution in [2.75, 3.05) is 16.8 Å². The van der Waals surface area contributed by atoms with Crippen molar-refractivity contribution in [3.05, 3.63) is 35.3 Å². The van der Waals surface area contributed by atoms with E-state index < -0.39 is 0 Å². The Labute approximate surface area is 138 Å². The van der Waals surface area contributed by atoms with Crippen LogP contribution in [0.1, 0.15) is 24.8 Å². The van der Waals surface area contributed by atoms with Gasteiger partial charge in [-0.05, 0) is 18.6 Å². The van der Waals surface area contributed by atoms with Crippen LogP contribution in [-0.4, -0.2) is 28.6 Å². The smallest absolute Gasteiger partial charge is 0.231 e. The van der Waals surface area contributed by atoms with Crippen LogP contribution in [-0.2, 0) is 16.0 Å². The van der Waals surface area contributed by atoms with Crippen LogP contribution in [0.15, 0.2) is 30.3 Å². The van der Waals surface area contributed by atoms with Gasteiger partial charge in [0.15, 0.2) is 0 Å². The van der Waals surface area contributed by atoms with Crippen LogP contribution < -0.4 is 10.2 Å². The Bertz CT molecular complexity index is 701. The molecule has 3 rings (SSSR count). The Kier molecular flexibility index (Phi) is 4.66. The number of amides is 2. The van der Waals surface area contributed by atoms with E-state index in [9.17, 15) is 9.59 Å². The van der Waals surface area contributed by atoms with Crippen molar-refractivity contribution in [2.24, 2.45) is 5.92 Å². The molecular weight excluding hydrogens is 312 g/mol. The number of anilines is 2. The first-order valence-corrected chi connectivity index (χ1v) is 8.47. The first-order chi connectivity index (χ1) is 11.2. The molecule has 1 fully saturated rings. The second-order valence-corrected chi connectivity index (χ2v) is 6.54. The summed E-state index contributed by atoms with van der Waals surface area (Å²) in [6.07, 6.45) is 2.07. The lowest BCUT2D eigenvalue weighted by molar-refractivity contribution is -0.122. The third-order valence-electron chi connectivity index (χ3n) is 3.72. The fourth-order valence-corrected chi connectivity index (χ4v) is 3.41. The van der Waals surface area contributed by atoms with Crippen molar-refractivity contribution in [3.8, 4) is 0 Å². The summed E-state index contributed by atoms with van der Waals surface area (Å²) in [6, 6.07) is 9.41. The normalized spacial score (nSPS) is 17.5. The zero-order chi connectivity index (χ0) is 16.2. The zero-order valence-corrected chi connectivity index (χ0v) is 13.7. The second kappa shape index (κ2) is 6.87. The third-order valence-corrected chi connectivity index (χ3v) is 4.62. The largest absolute Gasteiger partial charge is 0.312 e. The van der Waals surface area contributed by atoms with E-state index in [0.29, 0.717) is 11.7 Å². The number of hydrogen-bond donors (Lipinski definition) is 1. The number of aromatic nitrogens is 2. The Morgan fingerprint density at radius 2 is 2.13 bits per heavy atom. The van der Waals surface area contributed by atoms with Gasteiger partial charge in [0.25, 0.3) is 0 Å². The van der Waals surface area contributed by atoms with Crippen molar-refractivity contribution >= 4 is 34.0 Å². The molecule has 1 aromatic heterocycles. The van der Waals surface area contributed by atoms with Crippen LogP contribution in [0.2, 0.25) is 0 Å². The van der Waals surface area contributed by atoms with Gasteiger partial charge in [0, 0.05) is 25.1 Å². The lowest BCUT2D eigenvalue weighted by atomic mass is 10.1. The van der Waals surface area contributed by atoms with Crippen molar-refractivity contribution in [2.45, 2.75) is 26.2 Å². The third kappa shape index (κ3) is 3.56. The molecule has 0 bridgehead atoms. The summed E-state index contributed by atoms with van der Waals surface area (Å²) in [5.74, 6) is -0.558. The first kappa shape index (κ1) is 15.6. The van der Waals surface area contributed by atoms with Gasteiger partial charge in [-0.1, -0.05) is 36.5 Å². The van der Waals surface area contributed by atoms with E-state index in [1.54, 1.807) is 4.90 Å². The number of para-hydroxylation sites is 1. The number of hydrogen-bond acceptors (Lipinski definition) is 5. The summed E-state index contributed by atoms with van der Waals surface area (Å²) in [5, 5.41) is 12.2. The number of benzene rings is 1. The molecule has 1 atom stereocenters. The highest BCUT2D eigenvalue weighted by atomic mass is 32.1. The fourth-order valence-electron chi connectivity index (χ4n) is 2.57. The van der Waals surface area contributed by atoms with E-state index in [-0.39, 0.29) is 24.2 Å². The second-order valence-electron chi connectivity index (χ2n) is 5.48. The Morgan fingerprint density at radius 1 is 1.35 bits per heavy atom. The maximum absolute atomic E-state index is 12.4. The van der Waals surface area contributed by atoms with E-state index in [4.69, 9.17) is 0 Å². The molecule has 6 nitrogen and oxygen atoms in total. The summed E-state index contributed by atoms with van der Waals surface area (Å²) in [4.78, 5) is 26.2. The number of aryl methyl sites for hydroxylation is 1. The first-order valence-electron chi connectivity index (χ1n) is 7.66. The molecule has 1 aromatic carbocycles. The highest BCUT2D eigenvalue weighted by Crippen LogP contribution is 2.26. The summed E-state index contributed by atoms with van der Waals surface area (Å²) in [6.45, 7) is 2.47. The number of nitrogens with zero attached hydrogens (tertiary/aromatic N) is 3. The minimum Gasteiger partial charge on any atom is -0.312 e. The van der Waals surface area contributed by atoms with E-state index in [1.807, 2.05) is 30.3 Å². The summed E-state index contributed by atoms with van der Waals surface area (Å²) in [5.41, 5.74) is 0.828. The number of carbonyl (C=O) groups is 2. The van der Waals surface area contributed by atoms with Gasteiger partial charge in [0.05, 0.1) is 5.92 Å². The van der Waals surface area contributed by atoms with Gasteiger partial charge in [-0.25, -0.2) is 0 Å². The Morgan fingerprint density at radius 3 is 2.87 bits per heavy atom. The van der Waals surface area contributed by atoms with Crippen LogP contribution >= 0.6 is 11.3 Å². The molecule has 120 valence electrons. The van der Waals surface area contributed by atoms with E-state index in [1.165, 1.54) is 11.3 Å². The minimum atomic E-state index is -0.360. The molecule has 1 N–H and O–H groups in total.